The number of hydrogen-bond acceptors (Lipinski definition) is 2. The van der Waals surface area contributed by atoms with Crippen LogP contribution in [0.3, 0.4) is 0 Å². The minimum absolute atomic E-state index is 0.444. The SMILES string of the molecule is c1ccc(-c2ccc3c(c2)c2cc(-c4ccccc4)ccc2n3-c2ccc3c(c2)OCc2nc4ccccc4n2-3)cc1. The quantitative estimate of drug-likeness (QED) is 0.224. The Kier molecular flexibility index (Phi) is 4.93. The van der Waals surface area contributed by atoms with Crippen molar-refractivity contribution in [2.75, 3.05) is 0 Å². The maximum Gasteiger partial charge on any atom is 0.152 e. The summed E-state index contributed by atoms with van der Waals surface area (Å²) in [4.78, 5) is 4.81. The van der Waals surface area contributed by atoms with Crippen molar-refractivity contribution in [1.82, 2.24) is 14.1 Å². The summed E-state index contributed by atoms with van der Waals surface area (Å²) < 4.78 is 10.9. The molecule has 0 unspecified atom stereocenters. The zero-order chi connectivity index (χ0) is 27.6. The number of rotatable bonds is 3. The average Bonchev–Trinajstić information content (AvgIpc) is 3.60. The van der Waals surface area contributed by atoms with Gasteiger partial charge >= 0.3 is 0 Å². The van der Waals surface area contributed by atoms with Gasteiger partial charge in [-0.3, -0.25) is 4.57 Å². The Morgan fingerprint density at radius 2 is 1.12 bits per heavy atom. The fourth-order valence-corrected chi connectivity index (χ4v) is 6.45. The summed E-state index contributed by atoms with van der Waals surface area (Å²) in [5, 5.41) is 2.45. The predicted molar refractivity (Wildman–Crippen MR) is 171 cm³/mol. The molecule has 0 radical (unpaired) electrons. The number of hydrogen-bond donors (Lipinski definition) is 0. The fourth-order valence-electron chi connectivity index (χ4n) is 6.45. The molecular weight excluding hydrogens is 514 g/mol. The highest BCUT2D eigenvalue weighted by Gasteiger charge is 2.23. The van der Waals surface area contributed by atoms with Gasteiger partial charge < -0.3 is 9.30 Å². The third-order valence-corrected chi connectivity index (χ3v) is 8.41. The van der Waals surface area contributed by atoms with E-state index in [9.17, 15) is 0 Å². The van der Waals surface area contributed by atoms with E-state index in [1.807, 2.05) is 6.07 Å². The van der Waals surface area contributed by atoms with Gasteiger partial charge in [0.1, 0.15) is 12.4 Å². The van der Waals surface area contributed by atoms with Crippen LogP contribution in [0.4, 0.5) is 0 Å². The number of aromatic nitrogens is 3. The van der Waals surface area contributed by atoms with Crippen LogP contribution >= 0.6 is 0 Å². The lowest BCUT2D eigenvalue weighted by molar-refractivity contribution is 0.280. The molecule has 0 spiro atoms. The number of fused-ring (bicyclic) bond motifs is 8. The van der Waals surface area contributed by atoms with Crippen LogP contribution in [0.2, 0.25) is 0 Å². The Bertz CT molecular complexity index is 2200. The molecule has 4 nitrogen and oxygen atoms in total. The molecule has 198 valence electrons. The van der Waals surface area contributed by atoms with Crippen molar-refractivity contribution < 1.29 is 4.74 Å². The van der Waals surface area contributed by atoms with Crippen LogP contribution in [-0.2, 0) is 6.61 Å². The maximum absolute atomic E-state index is 6.30. The summed E-state index contributed by atoms with van der Waals surface area (Å²) in [6, 6.07) is 49.6. The highest BCUT2D eigenvalue weighted by atomic mass is 16.5. The van der Waals surface area contributed by atoms with Gasteiger partial charge in [0.05, 0.1) is 33.4 Å². The van der Waals surface area contributed by atoms with Gasteiger partial charge in [0, 0.05) is 16.8 Å². The zero-order valence-corrected chi connectivity index (χ0v) is 22.7. The van der Waals surface area contributed by atoms with Crippen molar-refractivity contribution in [2.45, 2.75) is 6.61 Å². The van der Waals surface area contributed by atoms with E-state index in [-0.39, 0.29) is 0 Å². The highest BCUT2D eigenvalue weighted by molar-refractivity contribution is 6.11. The average molecular weight is 540 g/mol. The van der Waals surface area contributed by atoms with Gasteiger partial charge in [0.2, 0.25) is 0 Å². The van der Waals surface area contributed by atoms with E-state index in [0.29, 0.717) is 6.61 Å². The molecule has 0 saturated carbocycles. The van der Waals surface area contributed by atoms with Crippen molar-refractivity contribution in [3.05, 3.63) is 145 Å². The van der Waals surface area contributed by atoms with Crippen LogP contribution in [0.15, 0.2) is 140 Å². The number of para-hydroxylation sites is 2. The number of imidazole rings is 1. The molecular formula is C38H25N3O. The first-order valence-electron chi connectivity index (χ1n) is 14.2. The van der Waals surface area contributed by atoms with Crippen LogP contribution in [0.25, 0.3) is 66.5 Å². The number of nitrogens with zero attached hydrogens (tertiary/aromatic N) is 3. The zero-order valence-electron chi connectivity index (χ0n) is 22.7. The first-order chi connectivity index (χ1) is 20.8. The molecule has 2 aromatic heterocycles. The van der Waals surface area contributed by atoms with Crippen LogP contribution in [0.5, 0.6) is 5.75 Å². The fraction of sp³-hybridized carbons (Fsp3) is 0.0263. The second kappa shape index (κ2) is 8.95. The lowest BCUT2D eigenvalue weighted by Gasteiger charge is -2.21. The van der Waals surface area contributed by atoms with Crippen molar-refractivity contribution >= 4 is 32.8 Å². The topological polar surface area (TPSA) is 32.0 Å². The Hall–Kier alpha value is -5.61. The van der Waals surface area contributed by atoms with Gasteiger partial charge in [0.25, 0.3) is 0 Å². The smallest absolute Gasteiger partial charge is 0.152 e. The van der Waals surface area contributed by atoms with Crippen LogP contribution in [-0.4, -0.2) is 14.1 Å². The minimum Gasteiger partial charge on any atom is -0.483 e. The summed E-state index contributed by atoms with van der Waals surface area (Å²) in [6.45, 7) is 0.444. The van der Waals surface area contributed by atoms with Crippen LogP contribution in [0.1, 0.15) is 5.82 Å². The second-order valence-electron chi connectivity index (χ2n) is 10.8. The Labute approximate surface area is 242 Å². The monoisotopic (exact) mass is 539 g/mol. The van der Waals surface area contributed by atoms with Gasteiger partial charge in [-0.05, 0) is 70.8 Å². The lowest BCUT2D eigenvalue weighted by atomic mass is 10.0. The standard InChI is InChI=1S/C38H25N3O/c1-3-9-25(10-4-1)27-15-18-33-30(21-27)31-22-28(26-11-5-2-6-12-26)16-19-34(31)40(33)29-17-20-36-37(23-29)42-24-38-39-32-13-7-8-14-35(32)41(36)38/h1-23H,24H2. The third kappa shape index (κ3) is 3.45. The van der Waals surface area contributed by atoms with E-state index in [2.05, 4.69) is 143 Å². The summed E-state index contributed by atoms with van der Waals surface area (Å²) in [5.74, 6) is 1.79. The molecule has 8 aromatic rings. The molecule has 42 heavy (non-hydrogen) atoms. The van der Waals surface area contributed by atoms with Crippen molar-refractivity contribution in [1.29, 1.82) is 0 Å². The molecule has 0 aliphatic carbocycles. The van der Waals surface area contributed by atoms with Gasteiger partial charge in [-0.1, -0.05) is 84.9 Å². The Morgan fingerprint density at radius 1 is 0.500 bits per heavy atom. The summed E-state index contributed by atoms with van der Waals surface area (Å²) >= 11 is 0. The minimum atomic E-state index is 0.444. The van der Waals surface area contributed by atoms with Crippen molar-refractivity contribution in [3.63, 3.8) is 0 Å². The summed E-state index contributed by atoms with van der Waals surface area (Å²) in [6.07, 6.45) is 0. The van der Waals surface area contributed by atoms with Crippen LogP contribution < -0.4 is 4.74 Å². The lowest BCUT2D eigenvalue weighted by Crippen LogP contribution is -2.13. The van der Waals surface area contributed by atoms with Crippen molar-refractivity contribution in [2.24, 2.45) is 0 Å². The van der Waals surface area contributed by atoms with E-state index >= 15 is 0 Å². The number of ether oxygens (including phenoxy) is 1. The Balaban J connectivity index is 1.27. The maximum atomic E-state index is 6.30. The molecule has 6 aromatic carbocycles. The Morgan fingerprint density at radius 3 is 1.79 bits per heavy atom. The molecule has 0 fully saturated rings. The normalized spacial score (nSPS) is 12.4. The van der Waals surface area contributed by atoms with Gasteiger partial charge in [-0.25, -0.2) is 4.98 Å². The second-order valence-corrected chi connectivity index (χ2v) is 10.8. The highest BCUT2D eigenvalue weighted by Crippen LogP contribution is 2.40. The molecule has 1 aliphatic heterocycles. The van der Waals surface area contributed by atoms with Gasteiger partial charge in [-0.2, -0.15) is 0 Å². The van der Waals surface area contributed by atoms with E-state index in [1.165, 1.54) is 44.1 Å². The van der Waals surface area contributed by atoms with E-state index in [1.54, 1.807) is 0 Å². The summed E-state index contributed by atoms with van der Waals surface area (Å²) in [7, 11) is 0. The van der Waals surface area contributed by atoms with E-state index < -0.39 is 0 Å². The van der Waals surface area contributed by atoms with Crippen molar-refractivity contribution in [3.8, 4) is 39.4 Å². The van der Waals surface area contributed by atoms with E-state index in [4.69, 9.17) is 9.72 Å². The molecule has 0 atom stereocenters. The molecule has 0 N–H and O–H groups in total. The largest absolute Gasteiger partial charge is 0.483 e. The molecule has 0 saturated heterocycles. The molecule has 9 rings (SSSR count). The van der Waals surface area contributed by atoms with Gasteiger partial charge in [-0.15, -0.1) is 0 Å². The predicted octanol–water partition coefficient (Wildman–Crippen LogP) is 9.35. The van der Waals surface area contributed by atoms with Gasteiger partial charge in [0.15, 0.2) is 5.82 Å². The van der Waals surface area contributed by atoms with Crippen LogP contribution in [0, 0.1) is 0 Å². The summed E-state index contributed by atoms with van der Waals surface area (Å²) in [5.41, 5.74) is 11.4. The first-order valence-corrected chi connectivity index (χ1v) is 14.2. The number of benzene rings is 6. The molecule has 1 aliphatic rings. The molecule has 3 heterocycles. The molecule has 0 bridgehead atoms. The van der Waals surface area contributed by atoms with E-state index in [0.717, 1.165) is 34.0 Å². The molecule has 0 amide bonds. The molecule has 4 heteroatoms. The third-order valence-electron chi connectivity index (χ3n) is 8.41. The first kappa shape index (κ1) is 23.1.